The molecule has 1 saturated heterocycles. The third-order valence-corrected chi connectivity index (χ3v) is 4.27. The molecule has 1 aliphatic heterocycles. The van der Waals surface area contributed by atoms with Crippen molar-refractivity contribution in [1.82, 2.24) is 15.3 Å². The van der Waals surface area contributed by atoms with Gasteiger partial charge in [-0.05, 0) is 20.0 Å². The van der Waals surface area contributed by atoms with Crippen molar-refractivity contribution >= 4 is 11.5 Å². The van der Waals surface area contributed by atoms with Crippen LogP contribution in [0.4, 0.5) is 5.82 Å². The standard InChI is InChI=1S/C19H26N6O2/c1-14-4-3-5-15(12-14)18(24-20)16-13-17(25-7-10-26-11-8-25)23-19(22-16)27-9-6-21-2/h3-5,12-13,21H,6-11,20H2,1-2H3/b24-18-. The largest absolute Gasteiger partial charge is 0.462 e. The van der Waals surface area contributed by atoms with E-state index in [2.05, 4.69) is 25.3 Å². The molecule has 1 aromatic carbocycles. The van der Waals surface area contributed by atoms with Gasteiger partial charge in [-0.15, -0.1) is 0 Å². The number of ether oxygens (including phenoxy) is 2. The van der Waals surface area contributed by atoms with Crippen LogP contribution in [0.25, 0.3) is 0 Å². The summed E-state index contributed by atoms with van der Waals surface area (Å²) in [4.78, 5) is 11.3. The lowest BCUT2D eigenvalue weighted by atomic mass is 10.0. The van der Waals surface area contributed by atoms with Gasteiger partial charge in [0.25, 0.3) is 0 Å². The summed E-state index contributed by atoms with van der Waals surface area (Å²) in [5.41, 5.74) is 3.28. The predicted molar refractivity (Wildman–Crippen MR) is 105 cm³/mol. The second-order valence-electron chi connectivity index (χ2n) is 6.29. The molecule has 0 amide bonds. The minimum Gasteiger partial charge on any atom is -0.462 e. The fourth-order valence-electron chi connectivity index (χ4n) is 2.88. The van der Waals surface area contributed by atoms with Gasteiger partial charge in [0.1, 0.15) is 23.8 Å². The topological polar surface area (TPSA) is 97.9 Å². The summed E-state index contributed by atoms with van der Waals surface area (Å²) in [6, 6.07) is 10.2. The minimum atomic E-state index is 0.318. The molecule has 2 heterocycles. The number of hydrogen-bond donors (Lipinski definition) is 2. The van der Waals surface area contributed by atoms with Gasteiger partial charge in [-0.25, -0.2) is 0 Å². The van der Waals surface area contributed by atoms with Crippen molar-refractivity contribution in [2.45, 2.75) is 6.92 Å². The van der Waals surface area contributed by atoms with E-state index in [9.17, 15) is 0 Å². The summed E-state index contributed by atoms with van der Waals surface area (Å²) in [5.74, 6) is 6.52. The van der Waals surface area contributed by atoms with Gasteiger partial charge in [-0.2, -0.15) is 15.1 Å². The maximum Gasteiger partial charge on any atom is 0.319 e. The molecule has 0 aliphatic carbocycles. The van der Waals surface area contributed by atoms with Crippen molar-refractivity contribution in [3.05, 3.63) is 47.2 Å². The van der Waals surface area contributed by atoms with Crippen LogP contribution in [0.1, 0.15) is 16.8 Å². The van der Waals surface area contributed by atoms with Crippen LogP contribution in [-0.2, 0) is 4.74 Å². The van der Waals surface area contributed by atoms with E-state index in [4.69, 9.17) is 15.3 Å². The first kappa shape index (κ1) is 19.1. The lowest BCUT2D eigenvalue weighted by molar-refractivity contribution is 0.122. The maximum absolute atomic E-state index is 5.73. The number of hydrazone groups is 1. The molecule has 1 fully saturated rings. The fraction of sp³-hybridized carbons (Fsp3) is 0.421. The molecule has 0 bridgehead atoms. The number of likely N-dealkylation sites (N-methyl/N-ethyl adjacent to an activating group) is 1. The highest BCUT2D eigenvalue weighted by molar-refractivity contribution is 6.12. The molecular weight excluding hydrogens is 344 g/mol. The summed E-state index contributed by atoms with van der Waals surface area (Å²) in [6.07, 6.45) is 0. The van der Waals surface area contributed by atoms with Crippen LogP contribution in [0.15, 0.2) is 35.4 Å². The lowest BCUT2D eigenvalue weighted by Gasteiger charge is -2.28. The molecule has 8 nitrogen and oxygen atoms in total. The first-order chi connectivity index (χ1) is 13.2. The molecule has 3 rings (SSSR count). The number of benzene rings is 1. The Kier molecular flexibility index (Phi) is 6.56. The number of nitrogens with one attached hydrogen (secondary N) is 1. The normalized spacial score (nSPS) is 15.0. The molecule has 0 spiro atoms. The number of nitrogens with zero attached hydrogens (tertiary/aromatic N) is 4. The number of aryl methyl sites for hydroxylation is 1. The van der Waals surface area contributed by atoms with Crippen molar-refractivity contribution < 1.29 is 9.47 Å². The average molecular weight is 370 g/mol. The molecule has 2 aromatic rings. The highest BCUT2D eigenvalue weighted by atomic mass is 16.5. The molecule has 3 N–H and O–H groups in total. The zero-order chi connectivity index (χ0) is 19.1. The quantitative estimate of drug-likeness (QED) is 0.324. The van der Waals surface area contributed by atoms with Crippen molar-refractivity contribution in [2.75, 3.05) is 51.4 Å². The molecule has 1 aromatic heterocycles. The lowest BCUT2D eigenvalue weighted by Crippen LogP contribution is -2.37. The van der Waals surface area contributed by atoms with Crippen LogP contribution in [0.3, 0.4) is 0 Å². The molecule has 0 atom stereocenters. The van der Waals surface area contributed by atoms with Gasteiger partial charge in [0.15, 0.2) is 0 Å². The Morgan fingerprint density at radius 2 is 2.11 bits per heavy atom. The zero-order valence-electron chi connectivity index (χ0n) is 15.8. The van der Waals surface area contributed by atoms with Gasteiger partial charge in [-0.3, -0.25) is 0 Å². The smallest absolute Gasteiger partial charge is 0.319 e. The Bertz CT molecular complexity index is 790. The second kappa shape index (κ2) is 9.29. The molecule has 144 valence electrons. The van der Waals surface area contributed by atoms with E-state index in [1.54, 1.807) is 0 Å². The van der Waals surface area contributed by atoms with Crippen LogP contribution in [-0.4, -0.2) is 62.2 Å². The van der Waals surface area contributed by atoms with Gasteiger partial charge in [0.05, 0.1) is 13.2 Å². The number of nitrogens with two attached hydrogens (primary N) is 1. The summed E-state index contributed by atoms with van der Waals surface area (Å²) in [6.45, 7) is 6.09. The van der Waals surface area contributed by atoms with Crippen molar-refractivity contribution in [2.24, 2.45) is 10.9 Å². The Hall–Kier alpha value is -2.71. The molecule has 8 heteroatoms. The Morgan fingerprint density at radius 3 is 2.81 bits per heavy atom. The molecule has 27 heavy (non-hydrogen) atoms. The van der Waals surface area contributed by atoms with E-state index in [1.807, 2.05) is 44.3 Å². The molecule has 0 saturated carbocycles. The monoisotopic (exact) mass is 370 g/mol. The summed E-state index contributed by atoms with van der Waals surface area (Å²) in [7, 11) is 1.87. The minimum absolute atomic E-state index is 0.318. The van der Waals surface area contributed by atoms with Gasteiger partial charge < -0.3 is 25.5 Å². The molecular formula is C19H26N6O2. The first-order valence-corrected chi connectivity index (χ1v) is 9.05. The molecule has 0 radical (unpaired) electrons. The van der Waals surface area contributed by atoms with Crippen LogP contribution < -0.4 is 20.8 Å². The van der Waals surface area contributed by atoms with Gasteiger partial charge in [-0.1, -0.05) is 23.8 Å². The predicted octanol–water partition coefficient (Wildman–Crippen LogP) is 0.931. The van der Waals surface area contributed by atoms with Crippen molar-refractivity contribution in [1.29, 1.82) is 0 Å². The third-order valence-electron chi connectivity index (χ3n) is 4.27. The van der Waals surface area contributed by atoms with Crippen molar-refractivity contribution in [3.8, 4) is 6.01 Å². The summed E-state index contributed by atoms with van der Waals surface area (Å²) in [5, 5.41) is 7.05. The highest BCUT2D eigenvalue weighted by Gasteiger charge is 2.18. The van der Waals surface area contributed by atoms with Crippen molar-refractivity contribution in [3.63, 3.8) is 0 Å². The molecule has 0 unspecified atom stereocenters. The van der Waals surface area contributed by atoms with Crippen LogP contribution >= 0.6 is 0 Å². The molecule has 1 aliphatic rings. The summed E-state index contributed by atoms with van der Waals surface area (Å²) < 4.78 is 11.2. The van der Waals surface area contributed by atoms with E-state index >= 15 is 0 Å². The van der Waals surface area contributed by atoms with E-state index in [-0.39, 0.29) is 0 Å². The van der Waals surface area contributed by atoms with Crippen LogP contribution in [0.5, 0.6) is 6.01 Å². The van der Waals surface area contributed by atoms with E-state index in [1.165, 1.54) is 0 Å². The third kappa shape index (κ3) is 4.93. The van der Waals surface area contributed by atoms with E-state index < -0.39 is 0 Å². The highest BCUT2D eigenvalue weighted by Crippen LogP contribution is 2.20. The first-order valence-electron chi connectivity index (χ1n) is 9.05. The van der Waals surface area contributed by atoms with Gasteiger partial charge in [0, 0.05) is 31.3 Å². The number of rotatable bonds is 7. The zero-order valence-corrected chi connectivity index (χ0v) is 15.8. The number of anilines is 1. The summed E-state index contributed by atoms with van der Waals surface area (Å²) >= 11 is 0. The Labute approximate surface area is 159 Å². The Balaban J connectivity index is 1.97. The SMILES string of the molecule is CNCCOc1nc(/C(=N\N)c2cccc(C)c2)cc(N2CCOCC2)n1. The van der Waals surface area contributed by atoms with Crippen LogP contribution in [0, 0.1) is 6.92 Å². The van der Waals surface area contributed by atoms with Gasteiger partial charge in [0.2, 0.25) is 0 Å². The number of hydrogen-bond acceptors (Lipinski definition) is 8. The average Bonchev–Trinajstić information content (AvgIpc) is 2.69. The fourth-order valence-corrected chi connectivity index (χ4v) is 2.88. The number of aromatic nitrogens is 2. The van der Waals surface area contributed by atoms with E-state index in [0.717, 1.165) is 30.0 Å². The number of morpholine rings is 1. The Morgan fingerprint density at radius 1 is 1.30 bits per heavy atom. The van der Waals surface area contributed by atoms with Gasteiger partial charge >= 0.3 is 6.01 Å². The maximum atomic E-state index is 5.73. The van der Waals surface area contributed by atoms with Crippen LogP contribution in [0.2, 0.25) is 0 Å². The second-order valence-corrected chi connectivity index (χ2v) is 6.29. The van der Waals surface area contributed by atoms with E-state index in [0.29, 0.717) is 43.8 Å².